The van der Waals surface area contributed by atoms with E-state index >= 15 is 0 Å². The molecule has 0 atom stereocenters. The van der Waals surface area contributed by atoms with Gasteiger partial charge in [0.15, 0.2) is 0 Å². The number of furan rings is 1. The van der Waals surface area contributed by atoms with Gasteiger partial charge in [-0.25, -0.2) is 4.79 Å². The molecular formula is C23H32O3. The van der Waals surface area contributed by atoms with E-state index in [9.17, 15) is 4.79 Å². The summed E-state index contributed by atoms with van der Waals surface area (Å²) in [5.74, 6) is 0.537. The van der Waals surface area contributed by atoms with E-state index in [1.165, 1.54) is 30.4 Å². The fraction of sp³-hybridized carbons (Fsp3) is 0.522. The highest BCUT2D eigenvalue weighted by molar-refractivity contribution is 5.86. The average Bonchev–Trinajstić information content (AvgIpc) is 3.02. The highest BCUT2D eigenvalue weighted by Gasteiger charge is 2.26. The molecule has 1 aliphatic carbocycles. The first-order chi connectivity index (χ1) is 12.3. The Hall–Kier alpha value is -2.03. The van der Waals surface area contributed by atoms with Gasteiger partial charge in [-0.2, -0.15) is 0 Å². The van der Waals surface area contributed by atoms with E-state index < -0.39 is 5.97 Å². The predicted octanol–water partition coefficient (Wildman–Crippen LogP) is 6.72. The fourth-order valence-corrected chi connectivity index (χ4v) is 3.42. The molecule has 26 heavy (non-hydrogen) atoms. The Morgan fingerprint density at radius 1 is 1.35 bits per heavy atom. The van der Waals surface area contributed by atoms with Gasteiger partial charge in [0.2, 0.25) is 5.76 Å². The Kier molecular flexibility index (Phi) is 7.07. The summed E-state index contributed by atoms with van der Waals surface area (Å²) in [6, 6.07) is 3.48. The van der Waals surface area contributed by atoms with Crippen molar-refractivity contribution in [3.63, 3.8) is 0 Å². The smallest absolute Gasteiger partial charge is 0.374 e. The lowest BCUT2D eigenvalue weighted by Gasteiger charge is -2.32. The summed E-state index contributed by atoms with van der Waals surface area (Å²) in [4.78, 5) is 11.9. The van der Waals surface area contributed by atoms with Crippen molar-refractivity contribution in [2.24, 2.45) is 5.41 Å². The van der Waals surface area contributed by atoms with Gasteiger partial charge >= 0.3 is 5.97 Å². The molecule has 0 bridgehead atoms. The Bertz CT molecular complexity index is 714. The summed E-state index contributed by atoms with van der Waals surface area (Å²) in [5, 5.41) is 0. The van der Waals surface area contributed by atoms with Crippen LogP contribution in [0.15, 0.2) is 45.4 Å². The molecule has 0 aliphatic heterocycles. The van der Waals surface area contributed by atoms with Crippen LogP contribution in [0.25, 0.3) is 6.08 Å². The van der Waals surface area contributed by atoms with Gasteiger partial charge in [0.1, 0.15) is 5.76 Å². The van der Waals surface area contributed by atoms with Gasteiger partial charge in [-0.3, -0.25) is 0 Å². The number of ether oxygens (including phenoxy) is 1. The monoisotopic (exact) mass is 356 g/mol. The van der Waals surface area contributed by atoms with Crippen LogP contribution >= 0.6 is 0 Å². The van der Waals surface area contributed by atoms with Crippen molar-refractivity contribution in [2.75, 3.05) is 6.61 Å². The van der Waals surface area contributed by atoms with E-state index in [1.54, 1.807) is 6.07 Å². The van der Waals surface area contributed by atoms with Crippen molar-refractivity contribution in [2.45, 2.75) is 66.7 Å². The number of rotatable bonds is 7. The molecule has 0 unspecified atom stereocenters. The third-order valence-corrected chi connectivity index (χ3v) is 4.98. The third-order valence-electron chi connectivity index (χ3n) is 4.98. The Morgan fingerprint density at radius 3 is 2.81 bits per heavy atom. The standard InChI is InChI=1S/C23H32O3/c1-6-7-15-25-22(24)21-13-11-19(26-21)16-17(2)10-12-20-18(3)9-8-14-23(20,4)5/h10-13,16H,6-9,14-15H2,1-5H3. The Balaban J connectivity index is 2.05. The Morgan fingerprint density at radius 2 is 2.12 bits per heavy atom. The van der Waals surface area contributed by atoms with Gasteiger partial charge in [-0.1, -0.05) is 44.9 Å². The summed E-state index contributed by atoms with van der Waals surface area (Å²) in [6.07, 6.45) is 11.9. The maximum atomic E-state index is 11.9. The fourth-order valence-electron chi connectivity index (χ4n) is 3.42. The van der Waals surface area contributed by atoms with Gasteiger partial charge in [-0.15, -0.1) is 0 Å². The zero-order chi connectivity index (χ0) is 19.2. The number of hydrogen-bond acceptors (Lipinski definition) is 3. The highest BCUT2D eigenvalue weighted by atomic mass is 16.5. The second kappa shape index (κ2) is 9.07. The van der Waals surface area contributed by atoms with Gasteiger partial charge < -0.3 is 9.15 Å². The van der Waals surface area contributed by atoms with Crippen molar-refractivity contribution in [1.82, 2.24) is 0 Å². The lowest BCUT2D eigenvalue weighted by atomic mass is 9.72. The second-order valence-electron chi connectivity index (χ2n) is 7.84. The zero-order valence-electron chi connectivity index (χ0n) is 16.9. The summed E-state index contributed by atoms with van der Waals surface area (Å²) < 4.78 is 10.8. The lowest BCUT2D eigenvalue weighted by Crippen LogP contribution is -2.19. The first kappa shape index (κ1) is 20.3. The van der Waals surface area contributed by atoms with Gasteiger partial charge in [0, 0.05) is 0 Å². The van der Waals surface area contributed by atoms with Gasteiger partial charge in [0.25, 0.3) is 0 Å². The van der Waals surface area contributed by atoms with E-state index in [1.807, 2.05) is 19.1 Å². The number of unbranched alkanes of at least 4 members (excludes halogenated alkanes) is 1. The Labute approximate surface area is 157 Å². The quantitative estimate of drug-likeness (QED) is 0.309. The van der Waals surface area contributed by atoms with Crippen molar-refractivity contribution in [3.05, 3.63) is 52.5 Å². The van der Waals surface area contributed by atoms with E-state index in [0.29, 0.717) is 12.4 Å². The van der Waals surface area contributed by atoms with Crippen LogP contribution in [0.4, 0.5) is 0 Å². The van der Waals surface area contributed by atoms with E-state index in [0.717, 1.165) is 18.4 Å². The number of hydrogen-bond donors (Lipinski definition) is 0. The van der Waals surface area contributed by atoms with E-state index in [2.05, 4.69) is 39.8 Å². The summed E-state index contributed by atoms with van der Waals surface area (Å²) in [7, 11) is 0. The topological polar surface area (TPSA) is 39.4 Å². The molecule has 142 valence electrons. The molecule has 1 aromatic rings. The van der Waals surface area contributed by atoms with Crippen LogP contribution < -0.4 is 0 Å². The van der Waals surface area contributed by atoms with E-state index in [4.69, 9.17) is 9.15 Å². The molecule has 0 saturated heterocycles. The van der Waals surface area contributed by atoms with Crippen molar-refractivity contribution in [1.29, 1.82) is 0 Å². The zero-order valence-corrected chi connectivity index (χ0v) is 16.9. The minimum atomic E-state index is -0.393. The molecule has 0 radical (unpaired) electrons. The maximum Gasteiger partial charge on any atom is 0.374 e. The SMILES string of the molecule is CCCCOC(=O)c1ccc(C=C(C)C=CC2=C(C)CCCC2(C)C)o1. The van der Waals surface area contributed by atoms with Gasteiger partial charge in [-0.05, 0) is 74.3 Å². The first-order valence-corrected chi connectivity index (χ1v) is 9.67. The third kappa shape index (κ3) is 5.48. The summed E-state index contributed by atoms with van der Waals surface area (Å²) in [6.45, 7) is 11.4. The predicted molar refractivity (Wildman–Crippen MR) is 107 cm³/mol. The molecule has 0 saturated carbocycles. The number of esters is 1. The molecule has 3 heteroatoms. The number of carbonyl (C=O) groups excluding carboxylic acids is 1. The van der Waals surface area contributed by atoms with Crippen LogP contribution in [0, 0.1) is 5.41 Å². The van der Waals surface area contributed by atoms with Crippen LogP contribution in [-0.2, 0) is 4.74 Å². The molecule has 3 nitrogen and oxygen atoms in total. The number of carbonyl (C=O) groups is 1. The minimum absolute atomic E-state index is 0.235. The highest BCUT2D eigenvalue weighted by Crippen LogP contribution is 2.40. The van der Waals surface area contributed by atoms with Crippen LogP contribution in [0.1, 0.15) is 83.0 Å². The van der Waals surface area contributed by atoms with Crippen LogP contribution in [0.2, 0.25) is 0 Å². The largest absolute Gasteiger partial charge is 0.460 e. The normalized spacial score (nSPS) is 17.8. The molecule has 0 amide bonds. The maximum absolute atomic E-state index is 11.9. The van der Waals surface area contributed by atoms with Crippen LogP contribution in [0.5, 0.6) is 0 Å². The lowest BCUT2D eigenvalue weighted by molar-refractivity contribution is 0.0463. The molecule has 2 rings (SSSR count). The summed E-state index contributed by atoms with van der Waals surface area (Å²) in [5.41, 5.74) is 4.25. The molecule has 0 fully saturated rings. The van der Waals surface area contributed by atoms with Crippen molar-refractivity contribution < 1.29 is 13.9 Å². The van der Waals surface area contributed by atoms with Crippen molar-refractivity contribution in [3.8, 4) is 0 Å². The van der Waals surface area contributed by atoms with E-state index in [-0.39, 0.29) is 11.2 Å². The molecule has 1 heterocycles. The second-order valence-corrected chi connectivity index (χ2v) is 7.84. The molecule has 1 aliphatic rings. The molecular weight excluding hydrogens is 324 g/mol. The number of allylic oxidation sites excluding steroid dienone is 5. The summed E-state index contributed by atoms with van der Waals surface area (Å²) >= 11 is 0. The molecule has 0 aromatic carbocycles. The average molecular weight is 357 g/mol. The van der Waals surface area contributed by atoms with Crippen LogP contribution in [-0.4, -0.2) is 12.6 Å². The molecule has 0 N–H and O–H groups in total. The minimum Gasteiger partial charge on any atom is -0.460 e. The van der Waals surface area contributed by atoms with Gasteiger partial charge in [0.05, 0.1) is 6.61 Å². The molecule has 0 spiro atoms. The molecule has 1 aromatic heterocycles. The first-order valence-electron chi connectivity index (χ1n) is 9.67. The van der Waals surface area contributed by atoms with Crippen molar-refractivity contribution >= 4 is 12.0 Å². The van der Waals surface area contributed by atoms with Crippen LogP contribution in [0.3, 0.4) is 0 Å².